The first-order valence-corrected chi connectivity index (χ1v) is 9.73. The molecule has 0 spiro atoms. The lowest BCUT2D eigenvalue weighted by Gasteiger charge is -2.11. The number of nitrogens with zero attached hydrogens (tertiary/aromatic N) is 3. The average Bonchev–Trinajstić information content (AvgIpc) is 3.24. The fraction of sp³-hybridized carbons (Fsp3) is 0.125. The summed E-state index contributed by atoms with van der Waals surface area (Å²) in [6.45, 7) is 0.549. The third-order valence-electron chi connectivity index (χ3n) is 4.79. The SMILES string of the molecule is COc1ccc(NC(=O)c2cn(Cc3ccccc3)nc2-c2cccnc2)c(OC)c1. The van der Waals surface area contributed by atoms with Gasteiger partial charge in [-0.1, -0.05) is 30.3 Å². The highest BCUT2D eigenvalue weighted by molar-refractivity contribution is 6.08. The van der Waals surface area contributed by atoms with Crippen LogP contribution in [0.2, 0.25) is 0 Å². The second-order valence-corrected chi connectivity index (χ2v) is 6.84. The van der Waals surface area contributed by atoms with Crippen LogP contribution < -0.4 is 14.8 Å². The van der Waals surface area contributed by atoms with Crippen LogP contribution in [0.4, 0.5) is 5.69 Å². The Morgan fingerprint density at radius 3 is 2.58 bits per heavy atom. The molecule has 0 aliphatic carbocycles. The van der Waals surface area contributed by atoms with Crippen LogP contribution in [0.15, 0.2) is 79.3 Å². The molecule has 0 fully saturated rings. The predicted octanol–water partition coefficient (Wildman–Crippen LogP) is 4.26. The maximum atomic E-state index is 13.2. The van der Waals surface area contributed by atoms with Gasteiger partial charge >= 0.3 is 0 Å². The first-order valence-electron chi connectivity index (χ1n) is 9.73. The highest BCUT2D eigenvalue weighted by Gasteiger charge is 2.20. The number of aromatic nitrogens is 3. The van der Waals surface area contributed by atoms with E-state index < -0.39 is 0 Å². The monoisotopic (exact) mass is 414 g/mol. The Morgan fingerprint density at radius 1 is 1.03 bits per heavy atom. The summed E-state index contributed by atoms with van der Waals surface area (Å²) in [6, 6.07) is 18.9. The van der Waals surface area contributed by atoms with Gasteiger partial charge in [-0.3, -0.25) is 14.5 Å². The molecule has 2 aromatic heterocycles. The van der Waals surface area contributed by atoms with Crippen LogP contribution in [0.25, 0.3) is 11.3 Å². The van der Waals surface area contributed by atoms with Crippen molar-refractivity contribution in [3.8, 4) is 22.8 Å². The Balaban J connectivity index is 1.68. The van der Waals surface area contributed by atoms with Gasteiger partial charge in [0.1, 0.15) is 17.2 Å². The van der Waals surface area contributed by atoms with E-state index in [-0.39, 0.29) is 5.91 Å². The van der Waals surface area contributed by atoms with E-state index in [9.17, 15) is 4.79 Å². The highest BCUT2D eigenvalue weighted by Crippen LogP contribution is 2.30. The van der Waals surface area contributed by atoms with Crippen molar-refractivity contribution in [1.82, 2.24) is 14.8 Å². The normalized spacial score (nSPS) is 10.5. The molecule has 0 aliphatic rings. The van der Waals surface area contributed by atoms with Crippen LogP contribution in [0.5, 0.6) is 11.5 Å². The predicted molar refractivity (Wildman–Crippen MR) is 119 cm³/mol. The van der Waals surface area contributed by atoms with Crippen molar-refractivity contribution in [2.75, 3.05) is 19.5 Å². The van der Waals surface area contributed by atoms with E-state index in [2.05, 4.69) is 15.4 Å². The summed E-state index contributed by atoms with van der Waals surface area (Å²) in [6.07, 6.45) is 5.13. The first kappa shape index (κ1) is 20.2. The fourth-order valence-corrected chi connectivity index (χ4v) is 3.25. The molecule has 0 aliphatic heterocycles. The number of anilines is 1. The lowest BCUT2D eigenvalue weighted by atomic mass is 10.1. The number of nitrogens with one attached hydrogen (secondary N) is 1. The number of benzene rings is 2. The van der Waals surface area contributed by atoms with Gasteiger partial charge in [0.2, 0.25) is 0 Å². The number of carbonyl (C=O) groups is 1. The number of carbonyl (C=O) groups excluding carboxylic acids is 1. The smallest absolute Gasteiger partial charge is 0.259 e. The van der Waals surface area contributed by atoms with Crippen LogP contribution in [-0.4, -0.2) is 34.9 Å². The molecule has 7 heteroatoms. The molecule has 0 bridgehead atoms. The third kappa shape index (κ3) is 4.56. The first-order chi connectivity index (χ1) is 15.2. The maximum Gasteiger partial charge on any atom is 0.259 e. The minimum atomic E-state index is -0.290. The molecule has 4 rings (SSSR count). The van der Waals surface area contributed by atoms with Crippen molar-refractivity contribution in [3.05, 3.63) is 90.4 Å². The van der Waals surface area contributed by atoms with Crippen molar-refractivity contribution < 1.29 is 14.3 Å². The maximum absolute atomic E-state index is 13.2. The van der Waals surface area contributed by atoms with Gasteiger partial charge in [-0.15, -0.1) is 0 Å². The van der Waals surface area contributed by atoms with Gasteiger partial charge in [0.15, 0.2) is 0 Å². The zero-order valence-electron chi connectivity index (χ0n) is 17.3. The molecule has 0 radical (unpaired) electrons. The topological polar surface area (TPSA) is 78.3 Å². The summed E-state index contributed by atoms with van der Waals surface area (Å²) >= 11 is 0. The standard InChI is InChI=1S/C24H22N4O3/c1-30-19-10-11-21(22(13-19)31-2)26-24(29)20-16-28(15-17-7-4-3-5-8-17)27-23(20)18-9-6-12-25-14-18/h3-14,16H,15H2,1-2H3,(H,26,29). The molecule has 0 saturated heterocycles. The summed E-state index contributed by atoms with van der Waals surface area (Å²) in [4.78, 5) is 17.4. The Kier molecular flexibility index (Phi) is 5.93. The van der Waals surface area contributed by atoms with Crippen LogP contribution in [0, 0.1) is 0 Å². The second-order valence-electron chi connectivity index (χ2n) is 6.84. The van der Waals surface area contributed by atoms with E-state index in [1.807, 2.05) is 42.5 Å². The Labute approximate surface area is 180 Å². The molecule has 156 valence electrons. The summed E-state index contributed by atoms with van der Waals surface area (Å²) in [5.74, 6) is 0.857. The van der Waals surface area contributed by atoms with Crippen molar-refractivity contribution in [2.45, 2.75) is 6.54 Å². The Hall–Kier alpha value is -4.13. The molecule has 0 unspecified atom stereocenters. The van der Waals surface area contributed by atoms with Gasteiger partial charge in [-0.2, -0.15) is 5.10 Å². The van der Waals surface area contributed by atoms with Crippen molar-refractivity contribution in [1.29, 1.82) is 0 Å². The average molecular weight is 414 g/mol. The highest BCUT2D eigenvalue weighted by atomic mass is 16.5. The molecule has 31 heavy (non-hydrogen) atoms. The van der Waals surface area contributed by atoms with Gasteiger partial charge in [-0.25, -0.2) is 0 Å². The molecule has 2 heterocycles. The van der Waals surface area contributed by atoms with E-state index in [1.165, 1.54) is 0 Å². The molecule has 0 saturated carbocycles. The third-order valence-corrected chi connectivity index (χ3v) is 4.79. The molecule has 4 aromatic rings. The molecule has 1 N–H and O–H groups in total. The minimum Gasteiger partial charge on any atom is -0.497 e. The van der Waals surface area contributed by atoms with Crippen LogP contribution in [-0.2, 0) is 6.54 Å². The zero-order chi connectivity index (χ0) is 21.6. The molecule has 2 aromatic carbocycles. The van der Waals surface area contributed by atoms with E-state index in [1.54, 1.807) is 55.7 Å². The Morgan fingerprint density at radius 2 is 1.87 bits per heavy atom. The van der Waals surface area contributed by atoms with Crippen molar-refractivity contribution >= 4 is 11.6 Å². The lowest BCUT2D eigenvalue weighted by molar-refractivity contribution is 0.102. The minimum absolute atomic E-state index is 0.290. The van der Waals surface area contributed by atoms with Crippen LogP contribution >= 0.6 is 0 Å². The number of amides is 1. The number of methoxy groups -OCH3 is 2. The second kappa shape index (κ2) is 9.13. The number of hydrogen-bond donors (Lipinski definition) is 1. The number of ether oxygens (including phenoxy) is 2. The summed E-state index contributed by atoms with van der Waals surface area (Å²) in [5, 5.41) is 7.60. The van der Waals surface area contributed by atoms with E-state index in [0.717, 1.165) is 11.1 Å². The summed E-state index contributed by atoms with van der Waals surface area (Å²) in [5.41, 5.74) is 3.41. The van der Waals surface area contributed by atoms with Crippen LogP contribution in [0.3, 0.4) is 0 Å². The van der Waals surface area contributed by atoms with Gasteiger partial charge in [-0.05, 0) is 29.8 Å². The van der Waals surface area contributed by atoms with Gasteiger partial charge in [0.05, 0.1) is 32.0 Å². The quantitative estimate of drug-likeness (QED) is 0.489. The van der Waals surface area contributed by atoms with Gasteiger partial charge in [0.25, 0.3) is 5.91 Å². The van der Waals surface area contributed by atoms with Gasteiger partial charge < -0.3 is 14.8 Å². The van der Waals surface area contributed by atoms with E-state index >= 15 is 0 Å². The largest absolute Gasteiger partial charge is 0.497 e. The number of rotatable bonds is 7. The Bertz CT molecular complexity index is 1170. The van der Waals surface area contributed by atoms with Gasteiger partial charge in [0, 0.05) is 30.2 Å². The molecular weight excluding hydrogens is 392 g/mol. The van der Waals surface area contributed by atoms with Crippen molar-refractivity contribution in [2.24, 2.45) is 0 Å². The van der Waals surface area contributed by atoms with E-state index in [4.69, 9.17) is 9.47 Å². The zero-order valence-corrected chi connectivity index (χ0v) is 17.3. The van der Waals surface area contributed by atoms with Crippen LogP contribution in [0.1, 0.15) is 15.9 Å². The molecule has 1 amide bonds. The van der Waals surface area contributed by atoms with Crippen molar-refractivity contribution in [3.63, 3.8) is 0 Å². The fourth-order valence-electron chi connectivity index (χ4n) is 3.25. The number of pyridine rings is 1. The summed E-state index contributed by atoms with van der Waals surface area (Å²) < 4.78 is 12.4. The molecule has 7 nitrogen and oxygen atoms in total. The summed E-state index contributed by atoms with van der Waals surface area (Å²) in [7, 11) is 3.12. The molecular formula is C24H22N4O3. The van der Waals surface area contributed by atoms with E-state index in [0.29, 0.717) is 35.0 Å². The number of hydrogen-bond acceptors (Lipinski definition) is 5. The lowest BCUT2D eigenvalue weighted by Crippen LogP contribution is -2.13. The molecule has 0 atom stereocenters.